The van der Waals surface area contributed by atoms with Gasteiger partial charge in [-0.1, -0.05) is 23.2 Å². The zero-order valence-electron chi connectivity index (χ0n) is 13.0. The van der Waals surface area contributed by atoms with Gasteiger partial charge in [-0.3, -0.25) is 9.78 Å². The Morgan fingerprint density at radius 1 is 1.00 bits per heavy atom. The zero-order chi connectivity index (χ0) is 17.6. The first kappa shape index (κ1) is 17.2. The first-order valence-electron chi connectivity index (χ1n) is 7.47. The lowest BCUT2D eigenvalue weighted by molar-refractivity contribution is 0.102. The average molecular weight is 373 g/mol. The van der Waals surface area contributed by atoms with Crippen molar-refractivity contribution in [3.63, 3.8) is 0 Å². The zero-order valence-corrected chi connectivity index (χ0v) is 14.6. The predicted molar refractivity (Wildman–Crippen MR) is 100 cm³/mol. The molecule has 0 atom stereocenters. The smallest absolute Gasteiger partial charge is 0.259 e. The Balaban J connectivity index is 1.75. The molecule has 0 spiro atoms. The Bertz CT molecular complexity index is 887. The van der Waals surface area contributed by atoms with Crippen LogP contribution in [0.15, 0.2) is 61.1 Å². The number of anilines is 2. The van der Waals surface area contributed by atoms with Crippen LogP contribution in [0, 0.1) is 0 Å². The third kappa shape index (κ3) is 4.47. The number of halogens is 2. The molecule has 0 aliphatic carbocycles. The molecule has 0 fully saturated rings. The van der Waals surface area contributed by atoms with E-state index < -0.39 is 0 Å². The lowest BCUT2D eigenvalue weighted by atomic mass is 10.2. The number of hydrogen-bond acceptors (Lipinski definition) is 4. The van der Waals surface area contributed by atoms with Crippen molar-refractivity contribution in [3.8, 4) is 0 Å². The Kier molecular flexibility index (Phi) is 5.48. The highest BCUT2D eigenvalue weighted by Gasteiger charge is 2.13. The summed E-state index contributed by atoms with van der Waals surface area (Å²) in [7, 11) is 0. The van der Waals surface area contributed by atoms with Crippen LogP contribution in [0.3, 0.4) is 0 Å². The fourth-order valence-corrected chi connectivity index (χ4v) is 2.49. The summed E-state index contributed by atoms with van der Waals surface area (Å²) in [5, 5.41) is 6.77. The van der Waals surface area contributed by atoms with Gasteiger partial charge in [0.25, 0.3) is 5.91 Å². The number of amides is 1. The van der Waals surface area contributed by atoms with Crippen molar-refractivity contribution in [1.82, 2.24) is 9.97 Å². The molecule has 25 heavy (non-hydrogen) atoms. The van der Waals surface area contributed by atoms with Crippen LogP contribution < -0.4 is 10.6 Å². The Labute approximate surface area is 155 Å². The lowest BCUT2D eigenvalue weighted by Gasteiger charge is -2.11. The number of carbonyl (C=O) groups is 1. The van der Waals surface area contributed by atoms with Gasteiger partial charge in [0.15, 0.2) is 0 Å². The van der Waals surface area contributed by atoms with Crippen molar-refractivity contribution in [2.45, 2.75) is 6.54 Å². The average Bonchev–Trinajstić information content (AvgIpc) is 2.64. The number of hydrogen-bond donors (Lipinski definition) is 2. The van der Waals surface area contributed by atoms with Crippen molar-refractivity contribution in [3.05, 3.63) is 82.2 Å². The van der Waals surface area contributed by atoms with Gasteiger partial charge in [0, 0.05) is 30.8 Å². The highest BCUT2D eigenvalue weighted by Crippen LogP contribution is 2.25. The molecule has 126 valence electrons. The highest BCUT2D eigenvalue weighted by atomic mass is 35.5. The molecule has 0 aliphatic heterocycles. The van der Waals surface area contributed by atoms with Crippen LogP contribution in [0.5, 0.6) is 0 Å². The molecule has 0 saturated heterocycles. The highest BCUT2D eigenvalue weighted by molar-refractivity contribution is 6.42. The van der Waals surface area contributed by atoms with Crippen LogP contribution in [0.1, 0.15) is 15.9 Å². The molecule has 2 aromatic heterocycles. The van der Waals surface area contributed by atoms with Gasteiger partial charge in [-0.05, 0) is 48.0 Å². The standard InChI is InChI=1S/C18H14Cl2N4O/c19-15-4-3-13(10-16(15)20)24-18(25)14-2-1-7-22-17(14)23-11-12-5-8-21-9-6-12/h1-10H,11H2,(H,22,23)(H,24,25). The van der Waals surface area contributed by atoms with E-state index in [0.29, 0.717) is 33.7 Å². The summed E-state index contributed by atoms with van der Waals surface area (Å²) in [6, 6.07) is 12.1. The maximum absolute atomic E-state index is 12.6. The van der Waals surface area contributed by atoms with E-state index in [9.17, 15) is 4.79 Å². The number of rotatable bonds is 5. The summed E-state index contributed by atoms with van der Waals surface area (Å²) >= 11 is 11.9. The third-order valence-electron chi connectivity index (χ3n) is 3.44. The normalized spacial score (nSPS) is 10.3. The second-order valence-corrected chi connectivity index (χ2v) is 6.01. The molecular weight excluding hydrogens is 359 g/mol. The summed E-state index contributed by atoms with van der Waals surface area (Å²) in [5.41, 5.74) is 2.03. The Hall–Kier alpha value is -2.63. The monoisotopic (exact) mass is 372 g/mol. The quantitative estimate of drug-likeness (QED) is 0.683. The van der Waals surface area contributed by atoms with Crippen LogP contribution in [0.2, 0.25) is 10.0 Å². The Morgan fingerprint density at radius 3 is 2.56 bits per heavy atom. The summed E-state index contributed by atoms with van der Waals surface area (Å²) < 4.78 is 0. The van der Waals surface area contributed by atoms with Gasteiger partial charge in [0.2, 0.25) is 0 Å². The van der Waals surface area contributed by atoms with E-state index >= 15 is 0 Å². The molecule has 3 rings (SSSR count). The number of pyridine rings is 2. The first-order valence-corrected chi connectivity index (χ1v) is 8.23. The minimum Gasteiger partial charge on any atom is -0.365 e. The molecule has 2 heterocycles. The van der Waals surface area contributed by atoms with Gasteiger partial charge >= 0.3 is 0 Å². The number of benzene rings is 1. The van der Waals surface area contributed by atoms with E-state index in [0.717, 1.165) is 5.56 Å². The molecule has 0 aliphatic rings. The SMILES string of the molecule is O=C(Nc1ccc(Cl)c(Cl)c1)c1cccnc1NCc1ccncc1. The minimum absolute atomic E-state index is 0.288. The van der Waals surface area contributed by atoms with E-state index in [2.05, 4.69) is 20.6 Å². The predicted octanol–water partition coefficient (Wildman–Crippen LogP) is 4.65. The van der Waals surface area contributed by atoms with Crippen molar-refractivity contribution in [1.29, 1.82) is 0 Å². The van der Waals surface area contributed by atoms with Gasteiger partial charge in [-0.25, -0.2) is 4.98 Å². The molecule has 2 N–H and O–H groups in total. The van der Waals surface area contributed by atoms with Crippen LogP contribution in [0.25, 0.3) is 0 Å². The van der Waals surface area contributed by atoms with Crippen molar-refractivity contribution < 1.29 is 4.79 Å². The molecule has 0 unspecified atom stereocenters. The number of aromatic nitrogens is 2. The van der Waals surface area contributed by atoms with Crippen LogP contribution in [-0.4, -0.2) is 15.9 Å². The molecule has 3 aromatic rings. The van der Waals surface area contributed by atoms with E-state index in [-0.39, 0.29) is 5.91 Å². The molecule has 7 heteroatoms. The van der Waals surface area contributed by atoms with Gasteiger partial charge in [-0.15, -0.1) is 0 Å². The number of carbonyl (C=O) groups excluding carboxylic acids is 1. The van der Waals surface area contributed by atoms with Gasteiger partial charge in [-0.2, -0.15) is 0 Å². The second kappa shape index (κ2) is 7.96. The molecule has 0 bridgehead atoms. The second-order valence-electron chi connectivity index (χ2n) is 5.19. The largest absolute Gasteiger partial charge is 0.365 e. The van der Waals surface area contributed by atoms with Crippen LogP contribution in [-0.2, 0) is 6.54 Å². The lowest BCUT2D eigenvalue weighted by Crippen LogP contribution is -2.15. The summed E-state index contributed by atoms with van der Waals surface area (Å²) in [6.07, 6.45) is 5.06. The van der Waals surface area contributed by atoms with Crippen LogP contribution in [0.4, 0.5) is 11.5 Å². The molecular formula is C18H14Cl2N4O. The van der Waals surface area contributed by atoms with E-state index in [1.54, 1.807) is 48.9 Å². The fraction of sp³-hybridized carbons (Fsp3) is 0.0556. The van der Waals surface area contributed by atoms with Crippen molar-refractivity contribution >= 4 is 40.6 Å². The molecule has 5 nitrogen and oxygen atoms in total. The van der Waals surface area contributed by atoms with E-state index in [1.807, 2.05) is 12.1 Å². The van der Waals surface area contributed by atoms with Gasteiger partial charge in [0.1, 0.15) is 5.82 Å². The topological polar surface area (TPSA) is 66.9 Å². The fourth-order valence-electron chi connectivity index (χ4n) is 2.19. The van der Waals surface area contributed by atoms with Crippen molar-refractivity contribution in [2.75, 3.05) is 10.6 Å². The number of nitrogens with one attached hydrogen (secondary N) is 2. The summed E-state index contributed by atoms with van der Waals surface area (Å²) in [6.45, 7) is 0.534. The maximum Gasteiger partial charge on any atom is 0.259 e. The van der Waals surface area contributed by atoms with Gasteiger partial charge < -0.3 is 10.6 Å². The summed E-state index contributed by atoms with van der Waals surface area (Å²) in [5.74, 6) is 0.209. The van der Waals surface area contributed by atoms with Crippen LogP contribution >= 0.6 is 23.2 Å². The first-order chi connectivity index (χ1) is 12.1. The van der Waals surface area contributed by atoms with Gasteiger partial charge in [0.05, 0.1) is 15.6 Å². The Morgan fingerprint density at radius 2 is 1.80 bits per heavy atom. The number of nitrogens with zero attached hydrogens (tertiary/aromatic N) is 2. The van der Waals surface area contributed by atoms with E-state index in [4.69, 9.17) is 23.2 Å². The summed E-state index contributed by atoms with van der Waals surface area (Å²) in [4.78, 5) is 20.8. The minimum atomic E-state index is -0.288. The molecule has 0 saturated carbocycles. The third-order valence-corrected chi connectivity index (χ3v) is 4.18. The van der Waals surface area contributed by atoms with E-state index in [1.165, 1.54) is 0 Å². The molecule has 0 radical (unpaired) electrons. The van der Waals surface area contributed by atoms with Crippen molar-refractivity contribution in [2.24, 2.45) is 0 Å². The molecule has 1 aromatic carbocycles. The maximum atomic E-state index is 12.6. The molecule has 1 amide bonds.